The number of aromatic nitrogens is 1. The molecule has 0 radical (unpaired) electrons. The average Bonchev–Trinajstić information content (AvgIpc) is 3.65. The highest BCUT2D eigenvalue weighted by Crippen LogP contribution is 2.31. The molecule has 41 heavy (non-hydrogen) atoms. The summed E-state index contributed by atoms with van der Waals surface area (Å²) in [5.74, 6) is 0.543. The van der Waals surface area contributed by atoms with Crippen molar-refractivity contribution in [1.82, 2.24) is 15.2 Å². The number of nitrogens with one attached hydrogen (secondary N) is 1. The SMILES string of the molecule is CCC(=O)C[C@@H](Cc1nc2ccc(C(C)C)cc2s1)C(=O)N[C@H](CCC(=O)/C=C/CN1CCCCC1)C1CCCC1. The van der Waals surface area contributed by atoms with E-state index in [9.17, 15) is 14.4 Å². The van der Waals surface area contributed by atoms with Crippen LogP contribution in [0.3, 0.4) is 0 Å². The Labute approximate surface area is 250 Å². The zero-order valence-electron chi connectivity index (χ0n) is 25.3. The van der Waals surface area contributed by atoms with E-state index in [2.05, 4.69) is 42.3 Å². The number of piperidine rings is 1. The van der Waals surface area contributed by atoms with Gasteiger partial charge < -0.3 is 5.32 Å². The van der Waals surface area contributed by atoms with Crippen molar-refractivity contribution in [2.45, 2.75) is 110 Å². The summed E-state index contributed by atoms with van der Waals surface area (Å²) in [5, 5.41) is 4.23. The van der Waals surface area contributed by atoms with Crippen molar-refractivity contribution in [3.05, 3.63) is 40.9 Å². The van der Waals surface area contributed by atoms with Crippen LogP contribution < -0.4 is 5.32 Å². The Morgan fingerprint density at radius 2 is 1.85 bits per heavy atom. The molecule has 1 amide bonds. The quantitative estimate of drug-likeness (QED) is 0.230. The molecule has 2 atom stereocenters. The molecule has 2 aliphatic rings. The normalized spacial score (nSPS) is 18.3. The van der Waals surface area contributed by atoms with Gasteiger partial charge in [0.1, 0.15) is 5.78 Å². The Bertz CT molecular complexity index is 1190. The number of Topliss-reactive ketones (excluding diaryl/α,β-unsaturated/α-hetero) is 1. The summed E-state index contributed by atoms with van der Waals surface area (Å²) in [6.07, 6.45) is 14.2. The maximum absolute atomic E-state index is 13.7. The summed E-state index contributed by atoms with van der Waals surface area (Å²) >= 11 is 1.63. The van der Waals surface area contributed by atoms with E-state index in [1.807, 2.05) is 13.0 Å². The minimum absolute atomic E-state index is 0.0346. The van der Waals surface area contributed by atoms with Gasteiger partial charge in [-0.1, -0.05) is 52.2 Å². The molecule has 2 aromatic rings. The number of allylic oxidation sites excluding steroid dienone is 1. The molecule has 1 aromatic carbocycles. The number of likely N-dealkylation sites (tertiary alicyclic amines) is 1. The first-order chi connectivity index (χ1) is 19.8. The Hall–Kier alpha value is -2.38. The van der Waals surface area contributed by atoms with Crippen LogP contribution in [0.15, 0.2) is 30.4 Å². The van der Waals surface area contributed by atoms with Crippen molar-refractivity contribution in [1.29, 1.82) is 0 Å². The van der Waals surface area contributed by atoms with Crippen molar-refractivity contribution in [3.63, 3.8) is 0 Å². The monoisotopic (exact) mass is 579 g/mol. The summed E-state index contributed by atoms with van der Waals surface area (Å²) in [7, 11) is 0. The minimum atomic E-state index is -0.448. The maximum atomic E-state index is 13.7. The number of thiazole rings is 1. The predicted octanol–water partition coefficient (Wildman–Crippen LogP) is 7.01. The first-order valence-electron chi connectivity index (χ1n) is 16.0. The molecule has 1 aliphatic carbocycles. The number of carbonyl (C=O) groups is 3. The van der Waals surface area contributed by atoms with Gasteiger partial charge in [0.2, 0.25) is 5.91 Å². The molecule has 224 valence electrons. The van der Waals surface area contributed by atoms with Crippen LogP contribution >= 0.6 is 11.3 Å². The fourth-order valence-corrected chi connectivity index (χ4v) is 7.36. The van der Waals surface area contributed by atoms with Crippen LogP contribution in [0, 0.1) is 11.8 Å². The molecule has 2 fully saturated rings. The largest absolute Gasteiger partial charge is 0.353 e. The van der Waals surface area contributed by atoms with E-state index in [1.54, 1.807) is 17.4 Å². The second-order valence-corrected chi connectivity index (χ2v) is 13.5. The topological polar surface area (TPSA) is 79.4 Å². The van der Waals surface area contributed by atoms with E-state index < -0.39 is 5.92 Å². The number of hydrogen-bond acceptors (Lipinski definition) is 6. The van der Waals surface area contributed by atoms with Crippen molar-refractivity contribution in [2.75, 3.05) is 19.6 Å². The number of ketones is 2. The van der Waals surface area contributed by atoms with Crippen molar-refractivity contribution >= 4 is 39.0 Å². The molecule has 2 heterocycles. The lowest BCUT2D eigenvalue weighted by atomic mass is 9.91. The van der Waals surface area contributed by atoms with Crippen LogP contribution in [-0.2, 0) is 20.8 Å². The molecule has 6 nitrogen and oxygen atoms in total. The van der Waals surface area contributed by atoms with Crippen molar-refractivity contribution in [2.24, 2.45) is 11.8 Å². The molecule has 4 rings (SSSR count). The standard InChI is InChI=1S/C34H49N3O3S/c1-4-28(38)21-27(23-33-35-31-16-14-26(24(2)3)22-32(31)41-33)34(40)36-30(25-11-6-7-12-25)17-15-29(39)13-10-20-37-18-8-5-9-19-37/h10,13-14,16,22,24-25,27,30H,4-9,11-12,15,17-21,23H2,1-3H3,(H,36,40)/b13-10+/t27-,30+/m0/s1. The fourth-order valence-electron chi connectivity index (χ4n) is 6.27. The molecule has 1 N–H and O–H groups in total. The van der Waals surface area contributed by atoms with Gasteiger partial charge in [-0.3, -0.25) is 19.3 Å². The van der Waals surface area contributed by atoms with Gasteiger partial charge in [-0.15, -0.1) is 11.3 Å². The van der Waals surface area contributed by atoms with Crippen LogP contribution in [0.25, 0.3) is 10.2 Å². The molecule has 1 saturated carbocycles. The first kappa shape index (κ1) is 31.6. The number of carbonyl (C=O) groups excluding carboxylic acids is 3. The second-order valence-electron chi connectivity index (χ2n) is 12.4. The third-order valence-corrected chi connectivity index (χ3v) is 9.94. The number of amides is 1. The summed E-state index contributed by atoms with van der Waals surface area (Å²) in [4.78, 5) is 46.2. The number of benzene rings is 1. The Morgan fingerprint density at radius 3 is 2.56 bits per heavy atom. The van der Waals surface area contributed by atoms with Crippen LogP contribution in [-0.4, -0.2) is 53.0 Å². The molecular formula is C34H49N3O3S. The first-order valence-corrected chi connectivity index (χ1v) is 16.8. The summed E-state index contributed by atoms with van der Waals surface area (Å²) in [6.45, 7) is 9.29. The van der Waals surface area contributed by atoms with E-state index >= 15 is 0 Å². The highest BCUT2D eigenvalue weighted by atomic mass is 32.1. The summed E-state index contributed by atoms with van der Waals surface area (Å²) in [6, 6.07) is 6.34. The van der Waals surface area contributed by atoms with Crippen LogP contribution in [0.1, 0.15) is 108 Å². The van der Waals surface area contributed by atoms with Gasteiger partial charge >= 0.3 is 0 Å². The molecular weight excluding hydrogens is 530 g/mol. The van der Waals surface area contributed by atoms with Gasteiger partial charge in [0, 0.05) is 38.3 Å². The van der Waals surface area contributed by atoms with Gasteiger partial charge in [0.25, 0.3) is 0 Å². The van der Waals surface area contributed by atoms with Crippen LogP contribution in [0.2, 0.25) is 0 Å². The van der Waals surface area contributed by atoms with Crippen LogP contribution in [0.5, 0.6) is 0 Å². The van der Waals surface area contributed by atoms with Crippen molar-refractivity contribution < 1.29 is 14.4 Å². The van der Waals surface area contributed by atoms with Gasteiger partial charge in [0.15, 0.2) is 5.78 Å². The number of fused-ring (bicyclic) bond motifs is 1. The lowest BCUT2D eigenvalue weighted by Crippen LogP contribution is -2.44. The third kappa shape index (κ3) is 9.57. The maximum Gasteiger partial charge on any atom is 0.224 e. The zero-order chi connectivity index (χ0) is 29.2. The van der Waals surface area contributed by atoms with E-state index in [1.165, 1.54) is 37.7 Å². The summed E-state index contributed by atoms with van der Waals surface area (Å²) in [5.41, 5.74) is 2.23. The van der Waals surface area contributed by atoms with Gasteiger partial charge in [-0.2, -0.15) is 0 Å². The smallest absolute Gasteiger partial charge is 0.224 e. The highest BCUT2D eigenvalue weighted by molar-refractivity contribution is 7.18. The molecule has 7 heteroatoms. The molecule has 1 saturated heterocycles. The molecule has 0 unspecified atom stereocenters. The number of nitrogens with zero attached hydrogens (tertiary/aromatic N) is 2. The number of hydrogen-bond donors (Lipinski definition) is 1. The number of rotatable bonds is 15. The Balaban J connectivity index is 1.40. The second kappa shape index (κ2) is 15.7. The van der Waals surface area contributed by atoms with Gasteiger partial charge in [-0.05, 0) is 80.8 Å². The predicted molar refractivity (Wildman–Crippen MR) is 168 cm³/mol. The van der Waals surface area contributed by atoms with E-state index in [0.29, 0.717) is 37.5 Å². The minimum Gasteiger partial charge on any atom is -0.353 e. The Morgan fingerprint density at radius 1 is 1.10 bits per heavy atom. The zero-order valence-corrected chi connectivity index (χ0v) is 26.1. The lowest BCUT2D eigenvalue weighted by molar-refractivity contribution is -0.130. The molecule has 0 spiro atoms. The van der Waals surface area contributed by atoms with Gasteiger partial charge in [0.05, 0.1) is 21.1 Å². The van der Waals surface area contributed by atoms with E-state index in [0.717, 1.165) is 47.7 Å². The van der Waals surface area contributed by atoms with Gasteiger partial charge in [-0.25, -0.2) is 4.98 Å². The molecule has 0 bridgehead atoms. The van der Waals surface area contributed by atoms with Crippen LogP contribution in [0.4, 0.5) is 0 Å². The van der Waals surface area contributed by atoms with E-state index in [-0.39, 0.29) is 29.9 Å². The van der Waals surface area contributed by atoms with Crippen molar-refractivity contribution in [3.8, 4) is 0 Å². The summed E-state index contributed by atoms with van der Waals surface area (Å²) < 4.78 is 1.13. The Kier molecular flexibility index (Phi) is 12.1. The fraction of sp³-hybridized carbons (Fsp3) is 0.647. The van der Waals surface area contributed by atoms with E-state index in [4.69, 9.17) is 4.98 Å². The molecule has 1 aromatic heterocycles. The highest BCUT2D eigenvalue weighted by Gasteiger charge is 2.30. The molecule has 1 aliphatic heterocycles. The lowest BCUT2D eigenvalue weighted by Gasteiger charge is -2.27. The third-order valence-electron chi connectivity index (χ3n) is 8.90. The average molecular weight is 580 g/mol.